The molecule has 0 spiro atoms. The molecule has 126 valence electrons. The van der Waals surface area contributed by atoms with Gasteiger partial charge in [0.15, 0.2) is 5.78 Å². The highest BCUT2D eigenvalue weighted by Crippen LogP contribution is 2.41. The lowest BCUT2D eigenvalue weighted by atomic mass is 9.94. The molecule has 1 aromatic rings. The number of carbonyl (C=O) groups is 1. The van der Waals surface area contributed by atoms with Gasteiger partial charge in [-0.15, -0.1) is 0 Å². The van der Waals surface area contributed by atoms with Gasteiger partial charge in [-0.1, -0.05) is 19.9 Å². The van der Waals surface area contributed by atoms with Crippen LogP contribution in [0.1, 0.15) is 37.8 Å². The molecule has 3 rings (SSSR count). The van der Waals surface area contributed by atoms with Gasteiger partial charge in [0.25, 0.3) is 0 Å². The number of likely N-dealkylation sites (N-methyl/N-ethyl adjacent to an activating group) is 1. The van der Waals surface area contributed by atoms with Crippen molar-refractivity contribution in [3.8, 4) is 0 Å². The highest BCUT2D eigenvalue weighted by atomic mass is 16.1. The Bertz CT molecular complexity index is 755. The predicted octanol–water partition coefficient (Wildman–Crippen LogP) is 4.12. The van der Waals surface area contributed by atoms with Crippen LogP contribution in [0, 0.1) is 0 Å². The molecule has 1 aromatic carbocycles. The zero-order valence-corrected chi connectivity index (χ0v) is 15.1. The van der Waals surface area contributed by atoms with Crippen molar-refractivity contribution in [2.75, 3.05) is 32.1 Å². The van der Waals surface area contributed by atoms with Crippen LogP contribution in [-0.4, -0.2) is 37.9 Å². The SMILES string of the molecule is CCCN(C)C1=CC(=O)C2=Cc3ccc(N(C)CCC)cc3C2=C1. The molecule has 0 saturated heterocycles. The molecule has 2 aliphatic carbocycles. The zero-order chi connectivity index (χ0) is 17.3. The van der Waals surface area contributed by atoms with Gasteiger partial charge in [-0.2, -0.15) is 0 Å². The molecule has 0 saturated carbocycles. The van der Waals surface area contributed by atoms with Gasteiger partial charge in [0.05, 0.1) is 0 Å². The number of carbonyl (C=O) groups excluding carboxylic acids is 1. The predicted molar refractivity (Wildman–Crippen MR) is 102 cm³/mol. The quantitative estimate of drug-likeness (QED) is 0.787. The van der Waals surface area contributed by atoms with Gasteiger partial charge in [-0.25, -0.2) is 0 Å². The third-order valence-corrected chi connectivity index (χ3v) is 4.75. The number of rotatable bonds is 6. The van der Waals surface area contributed by atoms with Gasteiger partial charge in [0, 0.05) is 50.2 Å². The van der Waals surface area contributed by atoms with E-state index in [0.29, 0.717) is 0 Å². The minimum Gasteiger partial charge on any atom is -0.375 e. The Morgan fingerprint density at radius 3 is 2.29 bits per heavy atom. The van der Waals surface area contributed by atoms with Crippen LogP contribution in [0.15, 0.2) is 41.6 Å². The molecule has 0 radical (unpaired) electrons. The maximum atomic E-state index is 12.6. The first kappa shape index (κ1) is 16.6. The first-order valence-corrected chi connectivity index (χ1v) is 8.81. The fourth-order valence-corrected chi connectivity index (χ4v) is 3.43. The number of fused-ring (bicyclic) bond motifs is 3. The van der Waals surface area contributed by atoms with Gasteiger partial charge in [0.2, 0.25) is 0 Å². The molecular weight excluding hydrogens is 296 g/mol. The van der Waals surface area contributed by atoms with E-state index < -0.39 is 0 Å². The number of hydrogen-bond donors (Lipinski definition) is 0. The van der Waals surface area contributed by atoms with Crippen molar-refractivity contribution < 1.29 is 4.79 Å². The van der Waals surface area contributed by atoms with E-state index >= 15 is 0 Å². The summed E-state index contributed by atoms with van der Waals surface area (Å²) < 4.78 is 0. The van der Waals surface area contributed by atoms with Crippen molar-refractivity contribution >= 4 is 23.1 Å². The molecule has 0 N–H and O–H groups in total. The topological polar surface area (TPSA) is 23.6 Å². The number of hydrogen-bond acceptors (Lipinski definition) is 3. The number of ketones is 1. The maximum absolute atomic E-state index is 12.6. The monoisotopic (exact) mass is 322 g/mol. The van der Waals surface area contributed by atoms with E-state index in [1.165, 1.54) is 11.3 Å². The van der Waals surface area contributed by atoms with E-state index in [0.717, 1.165) is 48.3 Å². The van der Waals surface area contributed by atoms with E-state index in [4.69, 9.17) is 0 Å². The highest BCUT2D eigenvalue weighted by molar-refractivity contribution is 6.24. The highest BCUT2D eigenvalue weighted by Gasteiger charge is 2.27. The molecule has 3 nitrogen and oxygen atoms in total. The maximum Gasteiger partial charge on any atom is 0.188 e. The first-order chi connectivity index (χ1) is 11.5. The summed E-state index contributed by atoms with van der Waals surface area (Å²) >= 11 is 0. The summed E-state index contributed by atoms with van der Waals surface area (Å²) in [5, 5.41) is 0. The second-order valence-corrected chi connectivity index (χ2v) is 6.66. The molecule has 0 fully saturated rings. The average Bonchev–Trinajstić information content (AvgIpc) is 2.94. The van der Waals surface area contributed by atoms with Crippen LogP contribution in [-0.2, 0) is 4.79 Å². The van der Waals surface area contributed by atoms with Crippen LogP contribution in [0.3, 0.4) is 0 Å². The lowest BCUT2D eigenvalue weighted by Gasteiger charge is -2.24. The van der Waals surface area contributed by atoms with E-state index in [9.17, 15) is 4.79 Å². The Hall–Kier alpha value is -2.29. The van der Waals surface area contributed by atoms with E-state index in [1.54, 1.807) is 6.08 Å². The normalized spacial score (nSPS) is 15.3. The molecule has 0 unspecified atom stereocenters. The lowest BCUT2D eigenvalue weighted by Crippen LogP contribution is -2.21. The van der Waals surface area contributed by atoms with Gasteiger partial charge >= 0.3 is 0 Å². The van der Waals surface area contributed by atoms with E-state index in [2.05, 4.69) is 62.0 Å². The summed E-state index contributed by atoms with van der Waals surface area (Å²) in [6.45, 7) is 6.32. The summed E-state index contributed by atoms with van der Waals surface area (Å²) in [6.07, 6.45) is 8.14. The standard InChI is InChI=1S/C21H26N2O/c1-5-9-22(3)16-8-7-15-11-20-19(18(15)12-16)13-17(14-21(20)24)23(4)10-6-2/h7-8,11-14H,5-6,9-10H2,1-4H3. The van der Waals surface area contributed by atoms with Crippen LogP contribution in [0.4, 0.5) is 5.69 Å². The largest absolute Gasteiger partial charge is 0.375 e. The molecule has 0 atom stereocenters. The minimum atomic E-state index is 0.116. The number of benzene rings is 1. The summed E-state index contributed by atoms with van der Waals surface area (Å²) in [5.41, 5.74) is 6.43. The third-order valence-electron chi connectivity index (χ3n) is 4.75. The van der Waals surface area contributed by atoms with Crippen molar-refractivity contribution in [1.82, 2.24) is 4.90 Å². The van der Waals surface area contributed by atoms with Crippen LogP contribution < -0.4 is 4.90 Å². The molecule has 0 aliphatic heterocycles. The molecule has 24 heavy (non-hydrogen) atoms. The second kappa shape index (κ2) is 6.68. The summed E-state index contributed by atoms with van der Waals surface area (Å²) in [4.78, 5) is 17.0. The van der Waals surface area contributed by atoms with Crippen LogP contribution in [0.2, 0.25) is 0 Å². The van der Waals surface area contributed by atoms with Crippen LogP contribution >= 0.6 is 0 Å². The first-order valence-electron chi connectivity index (χ1n) is 8.81. The fraction of sp³-hybridized carbons (Fsp3) is 0.381. The molecule has 0 heterocycles. The van der Waals surface area contributed by atoms with Gasteiger partial charge in [-0.3, -0.25) is 4.79 Å². The molecule has 0 amide bonds. The smallest absolute Gasteiger partial charge is 0.188 e. The Morgan fingerprint density at radius 1 is 0.875 bits per heavy atom. The molecule has 2 aliphatic rings. The van der Waals surface area contributed by atoms with Gasteiger partial charge in [-0.05, 0) is 53.8 Å². The van der Waals surface area contributed by atoms with E-state index in [-0.39, 0.29) is 5.78 Å². The average molecular weight is 322 g/mol. The number of allylic oxidation sites excluding steroid dienone is 4. The second-order valence-electron chi connectivity index (χ2n) is 6.66. The van der Waals surface area contributed by atoms with Gasteiger partial charge < -0.3 is 9.80 Å². The summed E-state index contributed by atoms with van der Waals surface area (Å²) in [5.74, 6) is 0.116. The lowest BCUT2D eigenvalue weighted by molar-refractivity contribution is -0.111. The third kappa shape index (κ3) is 2.91. The summed E-state index contributed by atoms with van der Waals surface area (Å²) in [7, 11) is 4.17. The summed E-state index contributed by atoms with van der Waals surface area (Å²) in [6, 6.07) is 6.49. The fourth-order valence-electron chi connectivity index (χ4n) is 3.43. The van der Waals surface area contributed by atoms with Crippen molar-refractivity contribution in [3.63, 3.8) is 0 Å². The molecule has 0 aromatic heterocycles. The Kier molecular flexibility index (Phi) is 4.61. The van der Waals surface area contributed by atoms with E-state index in [1.807, 2.05) is 6.08 Å². The molecular formula is C21H26N2O. The van der Waals surface area contributed by atoms with Crippen molar-refractivity contribution in [2.45, 2.75) is 26.7 Å². The number of anilines is 1. The number of nitrogens with zero attached hydrogens (tertiary/aromatic N) is 2. The van der Waals surface area contributed by atoms with Crippen molar-refractivity contribution in [3.05, 3.63) is 52.7 Å². The zero-order valence-electron chi connectivity index (χ0n) is 15.1. The van der Waals surface area contributed by atoms with Gasteiger partial charge in [0.1, 0.15) is 0 Å². The molecule has 0 bridgehead atoms. The Labute approximate surface area is 145 Å². The Balaban J connectivity index is 1.98. The Morgan fingerprint density at radius 2 is 1.58 bits per heavy atom. The van der Waals surface area contributed by atoms with Crippen molar-refractivity contribution in [1.29, 1.82) is 0 Å². The van der Waals surface area contributed by atoms with Crippen LogP contribution in [0.5, 0.6) is 0 Å². The minimum absolute atomic E-state index is 0.116. The van der Waals surface area contributed by atoms with Crippen molar-refractivity contribution in [2.24, 2.45) is 0 Å². The van der Waals surface area contributed by atoms with Crippen LogP contribution in [0.25, 0.3) is 11.6 Å². The molecule has 3 heteroatoms.